The highest BCUT2D eigenvalue weighted by molar-refractivity contribution is 5.53. The van der Waals surface area contributed by atoms with Crippen molar-refractivity contribution in [2.24, 2.45) is 0 Å². The van der Waals surface area contributed by atoms with Crippen LogP contribution in [0.3, 0.4) is 0 Å². The van der Waals surface area contributed by atoms with Crippen LogP contribution in [0.25, 0.3) is 11.5 Å². The number of hydrogen-bond acceptors (Lipinski definition) is 4. The van der Waals surface area contributed by atoms with Crippen molar-refractivity contribution in [2.45, 2.75) is 37.6 Å². The maximum absolute atomic E-state index is 5.89. The lowest BCUT2D eigenvalue weighted by Crippen LogP contribution is -2.03. The topological polar surface area (TPSA) is 69.6 Å². The molecule has 2 saturated carbocycles. The molecule has 0 radical (unpaired) electrons. The summed E-state index contributed by atoms with van der Waals surface area (Å²) in [7, 11) is 0. The van der Waals surface area contributed by atoms with E-state index in [0.29, 0.717) is 17.8 Å². The Morgan fingerprint density at radius 2 is 2.00 bits per heavy atom. The van der Waals surface area contributed by atoms with Crippen LogP contribution in [0.5, 0.6) is 0 Å². The summed E-state index contributed by atoms with van der Waals surface area (Å²) < 4.78 is 2.17. The average Bonchev–Trinajstić information content (AvgIpc) is 3.26. The molecule has 0 bridgehead atoms. The molecule has 0 aliphatic heterocycles. The summed E-state index contributed by atoms with van der Waals surface area (Å²) in [5.74, 6) is 1.87. The van der Waals surface area contributed by atoms with Crippen LogP contribution in [-0.2, 0) is 0 Å². The summed E-state index contributed by atoms with van der Waals surface area (Å²) in [5, 5.41) is 0. The molecule has 0 unspecified atom stereocenters. The molecule has 0 saturated heterocycles. The van der Waals surface area contributed by atoms with Gasteiger partial charge in [0, 0.05) is 23.7 Å². The minimum Gasteiger partial charge on any atom is -0.384 e. The Balaban J connectivity index is 1.80. The van der Waals surface area contributed by atoms with E-state index in [2.05, 4.69) is 19.5 Å². The van der Waals surface area contributed by atoms with E-state index >= 15 is 0 Å². The zero-order valence-corrected chi connectivity index (χ0v) is 10.1. The van der Waals surface area contributed by atoms with Gasteiger partial charge in [-0.25, -0.2) is 15.0 Å². The van der Waals surface area contributed by atoms with Gasteiger partial charge in [-0.3, -0.25) is 0 Å². The number of imidazole rings is 1. The molecule has 2 fully saturated rings. The molecule has 92 valence electrons. The molecule has 0 amide bonds. The van der Waals surface area contributed by atoms with Gasteiger partial charge in [-0.1, -0.05) is 0 Å². The predicted molar refractivity (Wildman–Crippen MR) is 67.9 cm³/mol. The first-order chi connectivity index (χ1) is 8.81. The van der Waals surface area contributed by atoms with Gasteiger partial charge < -0.3 is 10.3 Å². The fourth-order valence-electron chi connectivity index (χ4n) is 2.31. The van der Waals surface area contributed by atoms with Gasteiger partial charge in [-0.15, -0.1) is 0 Å². The summed E-state index contributed by atoms with van der Waals surface area (Å²) in [6.07, 6.45) is 8.60. The van der Waals surface area contributed by atoms with E-state index in [9.17, 15) is 0 Å². The van der Waals surface area contributed by atoms with Gasteiger partial charge in [-0.2, -0.15) is 0 Å². The van der Waals surface area contributed by atoms with Crippen LogP contribution >= 0.6 is 0 Å². The Hall–Kier alpha value is -1.91. The summed E-state index contributed by atoms with van der Waals surface area (Å²) in [6, 6.07) is 2.48. The van der Waals surface area contributed by atoms with Crippen LogP contribution in [0.4, 0.5) is 5.82 Å². The van der Waals surface area contributed by atoms with E-state index in [0.717, 1.165) is 17.2 Å². The second kappa shape index (κ2) is 3.54. The van der Waals surface area contributed by atoms with Crippen molar-refractivity contribution in [3.05, 3.63) is 24.3 Å². The fraction of sp³-hybridized carbons (Fsp3) is 0.462. The molecule has 0 spiro atoms. The van der Waals surface area contributed by atoms with Crippen molar-refractivity contribution in [2.75, 3.05) is 5.73 Å². The number of aromatic nitrogens is 4. The highest BCUT2D eigenvalue weighted by Gasteiger charge is 2.29. The first-order valence-electron chi connectivity index (χ1n) is 6.48. The normalized spacial score (nSPS) is 19.1. The molecular formula is C13H15N5. The lowest BCUT2D eigenvalue weighted by Gasteiger charge is -2.07. The molecule has 2 aliphatic carbocycles. The maximum atomic E-state index is 5.89. The third-order valence-electron chi connectivity index (χ3n) is 3.60. The third kappa shape index (κ3) is 1.66. The number of nitrogens with zero attached hydrogens (tertiary/aromatic N) is 4. The zero-order valence-electron chi connectivity index (χ0n) is 10.1. The van der Waals surface area contributed by atoms with E-state index < -0.39 is 0 Å². The van der Waals surface area contributed by atoms with Gasteiger partial charge in [0.05, 0.1) is 12.5 Å². The van der Waals surface area contributed by atoms with Crippen LogP contribution in [-0.4, -0.2) is 19.5 Å². The summed E-state index contributed by atoms with van der Waals surface area (Å²) in [4.78, 5) is 13.2. The molecule has 2 N–H and O–H groups in total. The summed E-state index contributed by atoms with van der Waals surface area (Å²) >= 11 is 0. The van der Waals surface area contributed by atoms with Crippen molar-refractivity contribution >= 4 is 5.82 Å². The Labute approximate surface area is 105 Å². The molecule has 5 heteroatoms. The van der Waals surface area contributed by atoms with Crippen LogP contribution in [0.1, 0.15) is 43.3 Å². The summed E-state index contributed by atoms with van der Waals surface area (Å²) in [5.41, 5.74) is 7.97. The van der Waals surface area contributed by atoms with Crippen molar-refractivity contribution in [3.63, 3.8) is 0 Å². The standard InChI is InChI=1S/C13H15N5/c14-12-5-10(8-1-2-8)16-13(17-12)11-6-15-7-18(11)9-3-4-9/h5-9H,1-4H2,(H2,14,16,17). The van der Waals surface area contributed by atoms with E-state index in [1.54, 1.807) is 0 Å². The number of anilines is 1. The largest absolute Gasteiger partial charge is 0.384 e. The Morgan fingerprint density at radius 3 is 2.72 bits per heavy atom. The smallest absolute Gasteiger partial charge is 0.180 e. The second-order valence-electron chi connectivity index (χ2n) is 5.23. The van der Waals surface area contributed by atoms with Crippen LogP contribution in [0.2, 0.25) is 0 Å². The molecule has 2 heterocycles. The van der Waals surface area contributed by atoms with Gasteiger partial charge in [0.2, 0.25) is 0 Å². The SMILES string of the molecule is Nc1cc(C2CC2)nc(-c2cncn2C2CC2)n1. The van der Waals surface area contributed by atoms with Crippen LogP contribution in [0.15, 0.2) is 18.6 Å². The first-order valence-corrected chi connectivity index (χ1v) is 6.48. The molecule has 5 nitrogen and oxygen atoms in total. The Kier molecular flexibility index (Phi) is 1.98. The minimum atomic E-state index is 0.561. The second-order valence-corrected chi connectivity index (χ2v) is 5.23. The zero-order chi connectivity index (χ0) is 12.1. The molecule has 0 atom stereocenters. The van der Waals surface area contributed by atoms with Gasteiger partial charge in [0.1, 0.15) is 11.5 Å². The summed E-state index contributed by atoms with van der Waals surface area (Å²) in [6.45, 7) is 0. The van der Waals surface area contributed by atoms with E-state index in [-0.39, 0.29) is 0 Å². The minimum absolute atomic E-state index is 0.561. The molecule has 2 aromatic rings. The van der Waals surface area contributed by atoms with E-state index in [1.165, 1.54) is 25.7 Å². The fourth-order valence-corrected chi connectivity index (χ4v) is 2.31. The molecule has 18 heavy (non-hydrogen) atoms. The van der Waals surface area contributed by atoms with Crippen LogP contribution in [0, 0.1) is 0 Å². The maximum Gasteiger partial charge on any atom is 0.180 e. The lowest BCUT2D eigenvalue weighted by molar-refractivity contribution is 0.742. The number of nitrogens with two attached hydrogens (primary N) is 1. The Bertz CT molecular complexity index is 595. The Morgan fingerprint density at radius 1 is 1.17 bits per heavy atom. The van der Waals surface area contributed by atoms with Gasteiger partial charge >= 0.3 is 0 Å². The van der Waals surface area contributed by atoms with E-state index in [4.69, 9.17) is 5.73 Å². The van der Waals surface area contributed by atoms with Gasteiger partial charge in [0.25, 0.3) is 0 Å². The predicted octanol–water partition coefficient (Wildman–Crippen LogP) is 2.13. The number of nitrogen functional groups attached to an aromatic ring is 1. The highest BCUT2D eigenvalue weighted by atomic mass is 15.1. The number of rotatable bonds is 3. The van der Waals surface area contributed by atoms with Crippen molar-refractivity contribution in [1.82, 2.24) is 19.5 Å². The highest BCUT2D eigenvalue weighted by Crippen LogP contribution is 2.41. The molecule has 2 aromatic heterocycles. The van der Waals surface area contributed by atoms with Crippen molar-refractivity contribution in [3.8, 4) is 11.5 Å². The first kappa shape index (κ1) is 10.1. The quantitative estimate of drug-likeness (QED) is 0.893. The molecular weight excluding hydrogens is 226 g/mol. The van der Waals surface area contributed by atoms with Crippen molar-refractivity contribution in [1.29, 1.82) is 0 Å². The van der Waals surface area contributed by atoms with Crippen molar-refractivity contribution < 1.29 is 0 Å². The molecule has 4 rings (SSSR count). The monoisotopic (exact) mass is 241 g/mol. The number of hydrogen-bond donors (Lipinski definition) is 1. The van der Waals surface area contributed by atoms with Gasteiger partial charge in [0.15, 0.2) is 5.82 Å². The van der Waals surface area contributed by atoms with Gasteiger partial charge in [-0.05, 0) is 25.7 Å². The van der Waals surface area contributed by atoms with E-state index in [1.807, 2.05) is 18.6 Å². The van der Waals surface area contributed by atoms with Crippen LogP contribution < -0.4 is 5.73 Å². The molecule has 2 aliphatic rings. The lowest BCUT2D eigenvalue weighted by atomic mass is 10.2. The average molecular weight is 241 g/mol. The molecule has 0 aromatic carbocycles. The third-order valence-corrected chi connectivity index (χ3v) is 3.60.